The van der Waals surface area contributed by atoms with E-state index in [-0.39, 0.29) is 18.2 Å². The number of rotatable bonds is 6. The van der Waals surface area contributed by atoms with E-state index in [4.69, 9.17) is 0 Å². The smallest absolute Gasteiger partial charge is 0.212 e. The molecule has 2 N–H and O–H groups in total. The first-order valence-electron chi connectivity index (χ1n) is 6.65. The predicted molar refractivity (Wildman–Crippen MR) is 75.4 cm³/mol. The molecule has 0 aliphatic heterocycles. The van der Waals surface area contributed by atoms with E-state index >= 15 is 0 Å². The number of hydrogen-bond donors (Lipinski definition) is 2. The number of benzene rings is 1. The SMILES string of the molecule is CC(CS(=O)(=O)NCC1(O)CCC1)c1ccccc1. The molecule has 1 unspecified atom stereocenters. The first-order valence-corrected chi connectivity index (χ1v) is 8.30. The zero-order valence-electron chi connectivity index (χ0n) is 11.2. The second-order valence-corrected chi connectivity index (χ2v) is 7.34. The van der Waals surface area contributed by atoms with Gasteiger partial charge in [0.25, 0.3) is 0 Å². The van der Waals surface area contributed by atoms with E-state index < -0.39 is 15.6 Å². The van der Waals surface area contributed by atoms with Gasteiger partial charge in [-0.1, -0.05) is 37.3 Å². The maximum atomic E-state index is 12.0. The van der Waals surface area contributed by atoms with Crippen molar-refractivity contribution in [3.63, 3.8) is 0 Å². The number of nitrogens with one attached hydrogen (secondary N) is 1. The largest absolute Gasteiger partial charge is 0.389 e. The van der Waals surface area contributed by atoms with Crippen molar-refractivity contribution in [1.82, 2.24) is 4.72 Å². The second-order valence-electron chi connectivity index (χ2n) is 5.49. The van der Waals surface area contributed by atoms with Gasteiger partial charge in [-0.3, -0.25) is 0 Å². The second kappa shape index (κ2) is 5.61. The Labute approximate surface area is 114 Å². The summed E-state index contributed by atoms with van der Waals surface area (Å²) in [4.78, 5) is 0. The number of hydrogen-bond acceptors (Lipinski definition) is 3. The van der Waals surface area contributed by atoms with Crippen LogP contribution in [0.2, 0.25) is 0 Å². The van der Waals surface area contributed by atoms with Gasteiger partial charge in [-0.05, 0) is 30.7 Å². The molecule has 0 amide bonds. The van der Waals surface area contributed by atoms with E-state index in [0.29, 0.717) is 12.8 Å². The third-order valence-corrected chi connectivity index (χ3v) is 5.27. The van der Waals surface area contributed by atoms with Crippen molar-refractivity contribution in [2.45, 2.75) is 37.7 Å². The Hall–Kier alpha value is -0.910. The van der Waals surface area contributed by atoms with Gasteiger partial charge in [0.15, 0.2) is 0 Å². The standard InChI is InChI=1S/C14H21NO3S/c1-12(13-6-3-2-4-7-13)10-19(17,18)15-11-14(16)8-5-9-14/h2-4,6-7,12,15-16H,5,8-11H2,1H3. The highest BCUT2D eigenvalue weighted by atomic mass is 32.2. The lowest BCUT2D eigenvalue weighted by molar-refractivity contribution is -0.0270. The topological polar surface area (TPSA) is 66.4 Å². The molecule has 1 aliphatic rings. The molecular formula is C14H21NO3S. The van der Waals surface area contributed by atoms with Crippen LogP contribution in [0.1, 0.15) is 37.7 Å². The van der Waals surface area contributed by atoms with Gasteiger partial charge in [0.1, 0.15) is 0 Å². The summed E-state index contributed by atoms with van der Waals surface area (Å²) in [5.41, 5.74) is 0.193. The Kier molecular flexibility index (Phi) is 4.28. The van der Waals surface area contributed by atoms with Crippen LogP contribution in [0.25, 0.3) is 0 Å². The van der Waals surface area contributed by atoms with Crippen molar-refractivity contribution in [2.24, 2.45) is 0 Å². The molecule has 1 aliphatic carbocycles. The van der Waals surface area contributed by atoms with Crippen molar-refractivity contribution in [2.75, 3.05) is 12.3 Å². The molecular weight excluding hydrogens is 262 g/mol. The summed E-state index contributed by atoms with van der Waals surface area (Å²) < 4.78 is 26.5. The zero-order chi connectivity index (χ0) is 13.9. The Balaban J connectivity index is 1.90. The highest BCUT2D eigenvalue weighted by Gasteiger charge is 2.35. The molecule has 0 aromatic heterocycles. The molecule has 2 rings (SSSR count). The van der Waals surface area contributed by atoms with Gasteiger partial charge < -0.3 is 5.11 Å². The average molecular weight is 283 g/mol. The molecule has 0 saturated heterocycles. The molecule has 1 saturated carbocycles. The number of aliphatic hydroxyl groups is 1. The molecule has 1 aromatic carbocycles. The minimum atomic E-state index is -3.35. The molecule has 1 aromatic rings. The lowest BCUT2D eigenvalue weighted by Gasteiger charge is -2.36. The fourth-order valence-corrected chi connectivity index (χ4v) is 3.73. The highest BCUT2D eigenvalue weighted by molar-refractivity contribution is 7.89. The Morgan fingerprint density at radius 2 is 1.95 bits per heavy atom. The maximum absolute atomic E-state index is 12.0. The summed E-state index contributed by atoms with van der Waals surface area (Å²) >= 11 is 0. The molecule has 106 valence electrons. The van der Waals surface area contributed by atoms with Crippen LogP contribution in [0.3, 0.4) is 0 Å². The van der Waals surface area contributed by atoms with Gasteiger partial charge in [-0.25, -0.2) is 13.1 Å². The van der Waals surface area contributed by atoms with E-state index in [1.807, 2.05) is 37.3 Å². The molecule has 19 heavy (non-hydrogen) atoms. The fourth-order valence-electron chi connectivity index (χ4n) is 2.27. The molecule has 0 radical (unpaired) electrons. The van der Waals surface area contributed by atoms with Crippen LogP contribution >= 0.6 is 0 Å². The average Bonchev–Trinajstić information content (AvgIpc) is 2.35. The summed E-state index contributed by atoms with van der Waals surface area (Å²) in [6.07, 6.45) is 2.34. The Bertz CT molecular complexity index is 509. The van der Waals surface area contributed by atoms with Crippen molar-refractivity contribution in [1.29, 1.82) is 0 Å². The summed E-state index contributed by atoms with van der Waals surface area (Å²) in [7, 11) is -3.35. The lowest BCUT2D eigenvalue weighted by Crippen LogP contribution is -2.48. The zero-order valence-corrected chi connectivity index (χ0v) is 12.0. The van der Waals surface area contributed by atoms with Gasteiger partial charge in [0, 0.05) is 6.54 Å². The van der Waals surface area contributed by atoms with E-state index in [1.165, 1.54) is 0 Å². The van der Waals surface area contributed by atoms with Crippen LogP contribution in [-0.2, 0) is 10.0 Å². The molecule has 0 heterocycles. The van der Waals surface area contributed by atoms with Gasteiger partial charge >= 0.3 is 0 Å². The molecule has 5 heteroatoms. The minimum absolute atomic E-state index is 0.0487. The summed E-state index contributed by atoms with van der Waals surface area (Å²) in [5.74, 6) is -0.0117. The van der Waals surface area contributed by atoms with E-state index in [2.05, 4.69) is 4.72 Å². The molecule has 1 fully saturated rings. The quantitative estimate of drug-likeness (QED) is 0.834. The van der Waals surface area contributed by atoms with Crippen molar-refractivity contribution >= 4 is 10.0 Å². The van der Waals surface area contributed by atoms with Crippen LogP contribution in [-0.4, -0.2) is 31.4 Å². The lowest BCUT2D eigenvalue weighted by atomic mass is 9.81. The van der Waals surface area contributed by atoms with Crippen LogP contribution in [0.15, 0.2) is 30.3 Å². The maximum Gasteiger partial charge on any atom is 0.212 e. The van der Waals surface area contributed by atoms with Crippen LogP contribution < -0.4 is 4.72 Å². The van der Waals surface area contributed by atoms with Gasteiger partial charge in [-0.15, -0.1) is 0 Å². The predicted octanol–water partition coefficient (Wildman–Crippen LogP) is 1.62. The van der Waals surface area contributed by atoms with Crippen LogP contribution in [0.4, 0.5) is 0 Å². The van der Waals surface area contributed by atoms with E-state index in [1.54, 1.807) is 0 Å². The summed E-state index contributed by atoms with van der Waals surface area (Å²) in [6.45, 7) is 2.03. The Morgan fingerprint density at radius 1 is 1.32 bits per heavy atom. The van der Waals surface area contributed by atoms with Gasteiger partial charge in [0.2, 0.25) is 10.0 Å². The molecule has 0 spiro atoms. The first kappa shape index (κ1) is 14.5. The normalized spacial score (nSPS) is 19.7. The van der Waals surface area contributed by atoms with Crippen molar-refractivity contribution in [3.05, 3.63) is 35.9 Å². The van der Waals surface area contributed by atoms with E-state index in [9.17, 15) is 13.5 Å². The molecule has 4 nitrogen and oxygen atoms in total. The first-order chi connectivity index (χ1) is 8.90. The molecule has 1 atom stereocenters. The van der Waals surface area contributed by atoms with Crippen molar-refractivity contribution < 1.29 is 13.5 Å². The van der Waals surface area contributed by atoms with E-state index in [0.717, 1.165) is 12.0 Å². The van der Waals surface area contributed by atoms with Crippen LogP contribution in [0.5, 0.6) is 0 Å². The van der Waals surface area contributed by atoms with Gasteiger partial charge in [0.05, 0.1) is 11.4 Å². The number of sulfonamides is 1. The third kappa shape index (κ3) is 4.03. The minimum Gasteiger partial charge on any atom is -0.389 e. The molecule has 0 bridgehead atoms. The fraction of sp³-hybridized carbons (Fsp3) is 0.571. The Morgan fingerprint density at radius 3 is 2.47 bits per heavy atom. The monoisotopic (exact) mass is 283 g/mol. The van der Waals surface area contributed by atoms with Gasteiger partial charge in [-0.2, -0.15) is 0 Å². The van der Waals surface area contributed by atoms with Crippen LogP contribution in [0, 0.1) is 0 Å². The highest BCUT2D eigenvalue weighted by Crippen LogP contribution is 2.30. The van der Waals surface area contributed by atoms with Crippen molar-refractivity contribution in [3.8, 4) is 0 Å². The summed E-state index contributed by atoms with van der Waals surface area (Å²) in [5, 5.41) is 9.90. The summed E-state index contributed by atoms with van der Waals surface area (Å²) in [6, 6.07) is 9.58. The third-order valence-electron chi connectivity index (χ3n) is 3.74.